The summed E-state index contributed by atoms with van der Waals surface area (Å²) in [5.41, 5.74) is 1.13. The summed E-state index contributed by atoms with van der Waals surface area (Å²) in [6, 6.07) is 8.57. The Hall–Kier alpha value is -2.38. The average molecular weight is 388 g/mol. The third-order valence-electron chi connectivity index (χ3n) is 5.14. The summed E-state index contributed by atoms with van der Waals surface area (Å²) >= 11 is 5.90. The van der Waals surface area contributed by atoms with Gasteiger partial charge in [-0.2, -0.15) is 5.10 Å². The largest absolute Gasteiger partial charge is 0.339 e. The number of carbonyl (C=O) groups excluding carboxylic acids is 2. The van der Waals surface area contributed by atoms with Gasteiger partial charge in [-0.3, -0.25) is 14.3 Å². The van der Waals surface area contributed by atoms with Crippen LogP contribution in [-0.2, 0) is 4.79 Å². The van der Waals surface area contributed by atoms with E-state index in [1.807, 2.05) is 23.0 Å². The Kier molecular flexibility index (Phi) is 5.13. The van der Waals surface area contributed by atoms with Crippen molar-refractivity contribution in [1.29, 1.82) is 0 Å². The van der Waals surface area contributed by atoms with Crippen LogP contribution in [0.3, 0.4) is 0 Å². The molecule has 3 heterocycles. The van der Waals surface area contributed by atoms with Crippen molar-refractivity contribution < 1.29 is 9.59 Å². The minimum atomic E-state index is -0.533. The van der Waals surface area contributed by atoms with Crippen molar-refractivity contribution in [2.24, 2.45) is 0 Å². The number of carbonyl (C=O) groups is 2. The van der Waals surface area contributed by atoms with Crippen LogP contribution in [0.15, 0.2) is 36.5 Å². The zero-order valence-electron chi connectivity index (χ0n) is 14.9. The van der Waals surface area contributed by atoms with Gasteiger partial charge in [-0.15, -0.1) is 0 Å². The zero-order valence-corrected chi connectivity index (χ0v) is 15.7. The van der Waals surface area contributed by atoms with Crippen molar-refractivity contribution in [2.45, 2.75) is 31.3 Å². The highest BCUT2D eigenvalue weighted by molar-refractivity contribution is 6.30. The Morgan fingerprint density at radius 1 is 1.22 bits per heavy atom. The highest BCUT2D eigenvalue weighted by Gasteiger charge is 2.34. The normalized spacial score (nSPS) is 22.9. The molecule has 2 aliphatic heterocycles. The Morgan fingerprint density at radius 3 is 2.78 bits per heavy atom. The van der Waals surface area contributed by atoms with E-state index in [4.69, 9.17) is 11.6 Å². The number of aromatic nitrogens is 2. The fraction of sp³-hybridized carbons (Fsp3) is 0.421. The van der Waals surface area contributed by atoms with E-state index >= 15 is 0 Å². The zero-order chi connectivity index (χ0) is 18.8. The van der Waals surface area contributed by atoms with Gasteiger partial charge in [0.15, 0.2) is 0 Å². The molecule has 4 rings (SSSR count). The summed E-state index contributed by atoms with van der Waals surface area (Å²) in [5, 5.41) is 11.2. The number of benzene rings is 1. The molecule has 2 aromatic rings. The molecule has 2 fully saturated rings. The molecule has 142 valence electrons. The number of hydrogen-bond donors (Lipinski definition) is 2. The first kappa shape index (κ1) is 18.0. The minimum Gasteiger partial charge on any atom is -0.339 e. The molecule has 27 heavy (non-hydrogen) atoms. The van der Waals surface area contributed by atoms with Crippen LogP contribution in [-0.4, -0.2) is 47.3 Å². The van der Waals surface area contributed by atoms with E-state index < -0.39 is 6.04 Å². The first-order valence-electron chi connectivity index (χ1n) is 9.25. The van der Waals surface area contributed by atoms with Crippen LogP contribution >= 0.6 is 11.6 Å². The molecule has 0 aliphatic carbocycles. The Balaban J connectivity index is 1.39. The van der Waals surface area contributed by atoms with E-state index in [0.717, 1.165) is 31.6 Å². The summed E-state index contributed by atoms with van der Waals surface area (Å²) in [4.78, 5) is 26.9. The quantitative estimate of drug-likeness (QED) is 0.841. The smallest absolute Gasteiger partial charge is 0.272 e. The molecule has 1 aromatic heterocycles. The lowest BCUT2D eigenvalue weighted by Gasteiger charge is -2.22. The van der Waals surface area contributed by atoms with Crippen LogP contribution in [0, 0.1) is 0 Å². The molecule has 1 aromatic carbocycles. The number of hydrogen-bond acceptors (Lipinski definition) is 4. The van der Waals surface area contributed by atoms with Crippen molar-refractivity contribution in [3.8, 4) is 0 Å². The van der Waals surface area contributed by atoms with Crippen LogP contribution in [0.4, 0.5) is 5.69 Å². The van der Waals surface area contributed by atoms with E-state index in [9.17, 15) is 9.59 Å². The minimum absolute atomic E-state index is 0.110. The maximum absolute atomic E-state index is 12.7. The molecule has 0 bridgehead atoms. The van der Waals surface area contributed by atoms with Gasteiger partial charge in [-0.1, -0.05) is 11.6 Å². The third kappa shape index (κ3) is 3.84. The van der Waals surface area contributed by atoms with Crippen molar-refractivity contribution >= 4 is 29.1 Å². The highest BCUT2D eigenvalue weighted by atomic mass is 35.5. The van der Waals surface area contributed by atoms with E-state index in [1.165, 1.54) is 0 Å². The van der Waals surface area contributed by atoms with Crippen LogP contribution in [0.2, 0.25) is 5.02 Å². The summed E-state index contributed by atoms with van der Waals surface area (Å²) in [7, 11) is 0. The van der Waals surface area contributed by atoms with Gasteiger partial charge in [-0.25, -0.2) is 0 Å². The summed E-state index contributed by atoms with van der Waals surface area (Å²) in [6.45, 7) is 2.45. The first-order valence-corrected chi connectivity index (χ1v) is 9.63. The van der Waals surface area contributed by atoms with Gasteiger partial charge < -0.3 is 15.5 Å². The molecular weight excluding hydrogens is 366 g/mol. The van der Waals surface area contributed by atoms with Gasteiger partial charge in [-0.05, 0) is 56.1 Å². The summed E-state index contributed by atoms with van der Waals surface area (Å²) in [5.74, 6) is -0.421. The van der Waals surface area contributed by atoms with Crippen molar-refractivity contribution in [2.75, 3.05) is 24.5 Å². The maximum atomic E-state index is 12.7. The van der Waals surface area contributed by atoms with Gasteiger partial charge in [0.25, 0.3) is 5.91 Å². The molecule has 2 atom stereocenters. The molecule has 0 saturated carbocycles. The lowest BCUT2D eigenvalue weighted by atomic mass is 10.1. The fourth-order valence-electron chi connectivity index (χ4n) is 3.65. The lowest BCUT2D eigenvalue weighted by molar-refractivity contribution is -0.118. The second-order valence-corrected chi connectivity index (χ2v) is 7.40. The maximum Gasteiger partial charge on any atom is 0.272 e. The molecule has 2 N–H and O–H groups in total. The molecule has 2 aliphatic rings. The third-order valence-corrected chi connectivity index (χ3v) is 5.39. The predicted octanol–water partition coefficient (Wildman–Crippen LogP) is 2.00. The molecular formula is C19H22ClN5O2. The number of piperidine rings is 1. The lowest BCUT2D eigenvalue weighted by Crippen LogP contribution is -2.41. The molecule has 8 heteroatoms. The Morgan fingerprint density at radius 2 is 2.04 bits per heavy atom. The van der Waals surface area contributed by atoms with E-state index in [-0.39, 0.29) is 17.9 Å². The molecule has 2 unspecified atom stereocenters. The molecule has 2 amide bonds. The van der Waals surface area contributed by atoms with E-state index in [2.05, 4.69) is 15.7 Å². The molecule has 0 spiro atoms. The second kappa shape index (κ2) is 7.70. The van der Waals surface area contributed by atoms with Gasteiger partial charge in [0.1, 0.15) is 11.7 Å². The van der Waals surface area contributed by atoms with Gasteiger partial charge in [0.2, 0.25) is 5.91 Å². The summed E-state index contributed by atoms with van der Waals surface area (Å²) < 4.78 is 1.84. The highest BCUT2D eigenvalue weighted by Crippen LogP contribution is 2.23. The number of halogens is 1. The SMILES string of the molecule is O=C(NC1CCN(c2ccc(Cl)cc2)C1=O)c1ccn(C2CCCNC2)n1. The number of nitrogens with one attached hydrogen (secondary N) is 2. The van der Waals surface area contributed by atoms with Gasteiger partial charge in [0.05, 0.1) is 6.04 Å². The van der Waals surface area contributed by atoms with Crippen LogP contribution in [0.5, 0.6) is 0 Å². The standard InChI is InChI=1S/C19H22ClN5O2/c20-13-3-5-14(6-4-13)24-10-7-17(19(24)27)22-18(26)16-8-11-25(23-16)15-2-1-9-21-12-15/h3-6,8,11,15,17,21H,1-2,7,9-10,12H2,(H,22,26). The van der Waals surface area contributed by atoms with Crippen molar-refractivity contribution in [3.63, 3.8) is 0 Å². The molecule has 7 nitrogen and oxygen atoms in total. The fourth-order valence-corrected chi connectivity index (χ4v) is 3.77. The van der Waals surface area contributed by atoms with Crippen LogP contribution in [0.25, 0.3) is 0 Å². The average Bonchev–Trinajstić information content (AvgIpc) is 3.31. The van der Waals surface area contributed by atoms with Crippen molar-refractivity contribution in [1.82, 2.24) is 20.4 Å². The van der Waals surface area contributed by atoms with Crippen LogP contribution < -0.4 is 15.5 Å². The van der Waals surface area contributed by atoms with E-state index in [0.29, 0.717) is 23.7 Å². The Bertz CT molecular complexity index is 829. The monoisotopic (exact) mass is 387 g/mol. The van der Waals surface area contributed by atoms with Crippen LogP contribution in [0.1, 0.15) is 35.8 Å². The predicted molar refractivity (Wildman–Crippen MR) is 103 cm³/mol. The van der Waals surface area contributed by atoms with E-state index in [1.54, 1.807) is 23.1 Å². The second-order valence-electron chi connectivity index (χ2n) is 6.96. The number of amides is 2. The number of rotatable bonds is 4. The first-order chi connectivity index (χ1) is 13.1. The topological polar surface area (TPSA) is 79.3 Å². The molecule has 0 radical (unpaired) electrons. The number of nitrogens with zero attached hydrogens (tertiary/aromatic N) is 3. The summed E-state index contributed by atoms with van der Waals surface area (Å²) in [6.07, 6.45) is 4.56. The molecule has 2 saturated heterocycles. The number of anilines is 1. The van der Waals surface area contributed by atoms with Gasteiger partial charge >= 0.3 is 0 Å². The van der Waals surface area contributed by atoms with Gasteiger partial charge in [0, 0.05) is 30.0 Å². The van der Waals surface area contributed by atoms with Crippen molar-refractivity contribution in [3.05, 3.63) is 47.2 Å². The Labute approximate surface area is 162 Å².